The van der Waals surface area contributed by atoms with E-state index >= 15 is 0 Å². The molecule has 7 heteroatoms. The van der Waals surface area contributed by atoms with E-state index in [2.05, 4.69) is 10.0 Å². The van der Waals surface area contributed by atoms with Crippen molar-refractivity contribution < 1.29 is 19.1 Å². The molecule has 1 aliphatic rings. The van der Waals surface area contributed by atoms with Gasteiger partial charge in [0.2, 0.25) is 0 Å². The highest BCUT2D eigenvalue weighted by Crippen LogP contribution is 2.30. The summed E-state index contributed by atoms with van der Waals surface area (Å²) in [5.74, 6) is -0.859. The monoisotopic (exact) mass is 379 g/mol. The quantitative estimate of drug-likeness (QED) is 0.318. The molecule has 2 aromatic carbocycles. The summed E-state index contributed by atoms with van der Waals surface area (Å²) in [6, 6.07) is 17.2. The summed E-state index contributed by atoms with van der Waals surface area (Å²) >= 11 is 0. The maximum absolute atomic E-state index is 12.3. The van der Waals surface area contributed by atoms with Gasteiger partial charge < -0.3 is 9.47 Å². The Morgan fingerprint density at radius 1 is 0.929 bits per heavy atom. The number of hydrogen-bond acceptors (Lipinski definition) is 5. The minimum Gasteiger partial charge on any atom is -0.462 e. The first-order chi connectivity index (χ1) is 13.7. The molecule has 0 aromatic heterocycles. The van der Waals surface area contributed by atoms with Crippen molar-refractivity contribution >= 4 is 11.9 Å². The Balaban J connectivity index is 1.60. The van der Waals surface area contributed by atoms with E-state index in [9.17, 15) is 9.59 Å². The van der Waals surface area contributed by atoms with Gasteiger partial charge in [0, 0.05) is 11.0 Å². The van der Waals surface area contributed by atoms with Crippen molar-refractivity contribution in [2.45, 2.75) is 31.4 Å². The number of benzene rings is 2. The van der Waals surface area contributed by atoms with Crippen LogP contribution in [0.1, 0.15) is 40.0 Å². The lowest BCUT2D eigenvalue weighted by Crippen LogP contribution is -2.34. The summed E-state index contributed by atoms with van der Waals surface area (Å²) < 4.78 is 11.0. The number of ether oxygens (including phenoxy) is 2. The maximum Gasteiger partial charge on any atom is 0.338 e. The highest BCUT2D eigenvalue weighted by molar-refractivity contribution is 5.89. The van der Waals surface area contributed by atoms with Crippen LogP contribution >= 0.6 is 0 Å². The van der Waals surface area contributed by atoms with Crippen LogP contribution in [0.25, 0.3) is 10.4 Å². The van der Waals surface area contributed by atoms with Crippen LogP contribution in [0.2, 0.25) is 0 Å². The Morgan fingerprint density at radius 3 is 2.14 bits per heavy atom. The van der Waals surface area contributed by atoms with Crippen molar-refractivity contribution in [1.82, 2.24) is 0 Å². The van der Waals surface area contributed by atoms with Crippen LogP contribution < -0.4 is 0 Å². The molecule has 7 nitrogen and oxygen atoms in total. The largest absolute Gasteiger partial charge is 0.462 e. The van der Waals surface area contributed by atoms with Gasteiger partial charge in [0.25, 0.3) is 0 Å². The highest BCUT2D eigenvalue weighted by atomic mass is 16.5. The van der Waals surface area contributed by atoms with Crippen molar-refractivity contribution in [3.05, 3.63) is 82.2 Å². The van der Waals surface area contributed by atoms with Gasteiger partial charge in [-0.05, 0) is 55.0 Å². The fraction of sp³-hybridized carbons (Fsp3) is 0.333. The van der Waals surface area contributed by atoms with E-state index in [1.165, 1.54) is 0 Å². The molecular formula is C21H21N3O4. The van der Waals surface area contributed by atoms with Crippen LogP contribution in [-0.4, -0.2) is 30.7 Å². The lowest BCUT2D eigenvalue weighted by Gasteiger charge is -2.32. The molecule has 0 aliphatic heterocycles. The molecule has 0 N–H and O–H groups in total. The number of carbonyl (C=O) groups is 2. The molecule has 0 radical (unpaired) electrons. The number of azide groups is 1. The molecule has 0 bridgehead atoms. The number of carbonyl (C=O) groups excluding carboxylic acids is 2. The molecule has 1 unspecified atom stereocenters. The molecule has 1 fully saturated rings. The van der Waals surface area contributed by atoms with Crippen molar-refractivity contribution in [2.24, 2.45) is 11.0 Å². The van der Waals surface area contributed by atoms with E-state index in [0.29, 0.717) is 30.4 Å². The zero-order valence-electron chi connectivity index (χ0n) is 15.3. The summed E-state index contributed by atoms with van der Waals surface area (Å²) in [4.78, 5) is 27.4. The van der Waals surface area contributed by atoms with Crippen LogP contribution in [0.15, 0.2) is 65.8 Å². The summed E-state index contributed by atoms with van der Waals surface area (Å²) in [5, 5.41) is 3.80. The maximum atomic E-state index is 12.3. The molecule has 3 rings (SSSR count). The zero-order valence-corrected chi connectivity index (χ0v) is 15.3. The molecule has 144 valence electrons. The number of rotatable bonds is 6. The first-order valence-electron chi connectivity index (χ1n) is 9.18. The van der Waals surface area contributed by atoms with Gasteiger partial charge in [-0.15, -0.1) is 0 Å². The van der Waals surface area contributed by atoms with Crippen LogP contribution in [0.3, 0.4) is 0 Å². The van der Waals surface area contributed by atoms with Crippen molar-refractivity contribution in [1.29, 1.82) is 0 Å². The van der Waals surface area contributed by atoms with E-state index < -0.39 is 18.0 Å². The van der Waals surface area contributed by atoms with Gasteiger partial charge in [0.05, 0.1) is 17.7 Å². The van der Waals surface area contributed by atoms with Crippen LogP contribution in [0.4, 0.5) is 0 Å². The first-order valence-corrected chi connectivity index (χ1v) is 9.18. The lowest BCUT2D eigenvalue weighted by atomic mass is 9.84. The average molecular weight is 379 g/mol. The van der Waals surface area contributed by atoms with Crippen LogP contribution in [0.5, 0.6) is 0 Å². The second kappa shape index (κ2) is 9.58. The lowest BCUT2D eigenvalue weighted by molar-refractivity contribution is -0.000247. The number of nitrogens with zero attached hydrogens (tertiary/aromatic N) is 3. The van der Waals surface area contributed by atoms with Gasteiger partial charge >= 0.3 is 11.9 Å². The molecule has 1 saturated carbocycles. The predicted molar refractivity (Wildman–Crippen MR) is 103 cm³/mol. The second-order valence-corrected chi connectivity index (χ2v) is 6.79. The fourth-order valence-electron chi connectivity index (χ4n) is 3.39. The SMILES string of the molecule is [N-]=[N+]=NC1C[C@@H](COC(=O)c2ccccc2)C[C@@H](OC(=O)c2ccccc2)C1. The van der Waals surface area contributed by atoms with E-state index in [-0.39, 0.29) is 18.6 Å². The van der Waals surface area contributed by atoms with Crippen LogP contribution in [-0.2, 0) is 9.47 Å². The molecule has 28 heavy (non-hydrogen) atoms. The summed E-state index contributed by atoms with van der Waals surface area (Å²) in [7, 11) is 0. The zero-order chi connectivity index (χ0) is 19.8. The Hall–Kier alpha value is -3.31. The van der Waals surface area contributed by atoms with Gasteiger partial charge in [0.15, 0.2) is 0 Å². The van der Waals surface area contributed by atoms with E-state index in [4.69, 9.17) is 15.0 Å². The third-order valence-corrected chi connectivity index (χ3v) is 4.69. The smallest absolute Gasteiger partial charge is 0.338 e. The number of esters is 2. The second-order valence-electron chi connectivity index (χ2n) is 6.79. The van der Waals surface area contributed by atoms with E-state index in [1.54, 1.807) is 48.5 Å². The van der Waals surface area contributed by atoms with Crippen molar-refractivity contribution in [2.75, 3.05) is 6.61 Å². The third-order valence-electron chi connectivity index (χ3n) is 4.69. The summed E-state index contributed by atoms with van der Waals surface area (Å²) in [6.45, 7) is 0.185. The fourth-order valence-corrected chi connectivity index (χ4v) is 3.39. The minimum atomic E-state index is -0.410. The molecule has 2 aromatic rings. The van der Waals surface area contributed by atoms with Crippen LogP contribution in [0, 0.1) is 5.92 Å². The molecule has 0 spiro atoms. The van der Waals surface area contributed by atoms with Gasteiger partial charge in [-0.2, -0.15) is 0 Å². The topological polar surface area (TPSA) is 101 Å². The third kappa shape index (κ3) is 5.34. The molecule has 0 amide bonds. The van der Waals surface area contributed by atoms with Gasteiger partial charge in [0.1, 0.15) is 6.10 Å². The normalized spacial score (nSPS) is 21.2. The van der Waals surface area contributed by atoms with Gasteiger partial charge in [-0.25, -0.2) is 9.59 Å². The molecule has 1 aliphatic carbocycles. The van der Waals surface area contributed by atoms with Gasteiger partial charge in [-0.3, -0.25) is 0 Å². The average Bonchev–Trinajstić information content (AvgIpc) is 2.73. The Morgan fingerprint density at radius 2 is 1.54 bits per heavy atom. The molecular weight excluding hydrogens is 358 g/mol. The Labute approximate surface area is 162 Å². The van der Waals surface area contributed by atoms with Crippen molar-refractivity contribution in [3.63, 3.8) is 0 Å². The summed E-state index contributed by atoms with van der Waals surface area (Å²) in [5.41, 5.74) is 9.74. The standard InChI is InChI=1S/C21H21N3O4/c22-24-23-18-11-15(14-27-20(25)16-7-3-1-4-8-16)12-19(13-18)28-21(26)17-9-5-2-6-10-17/h1-10,15,18-19H,11-14H2/t15-,18?,19-/m1/s1. The first kappa shape index (κ1) is 19.5. The molecule has 0 heterocycles. The van der Waals surface area contributed by atoms with Gasteiger partial charge in [-0.1, -0.05) is 41.5 Å². The molecule has 0 saturated heterocycles. The summed E-state index contributed by atoms with van der Waals surface area (Å²) in [6.07, 6.45) is 1.22. The van der Waals surface area contributed by atoms with E-state index in [1.807, 2.05) is 12.1 Å². The Bertz CT molecular complexity index is 850. The minimum absolute atomic E-state index is 0.0505. The number of hydrogen-bond donors (Lipinski definition) is 0. The van der Waals surface area contributed by atoms with E-state index in [0.717, 1.165) is 0 Å². The molecule has 3 atom stereocenters. The Kier molecular flexibility index (Phi) is 6.65. The predicted octanol–water partition coefficient (Wildman–Crippen LogP) is 4.55. The highest BCUT2D eigenvalue weighted by Gasteiger charge is 2.31. The van der Waals surface area contributed by atoms with Crippen molar-refractivity contribution in [3.8, 4) is 0 Å².